The topological polar surface area (TPSA) is 29.1 Å². The van der Waals surface area contributed by atoms with Crippen molar-refractivity contribution in [3.05, 3.63) is 0 Å². The first-order chi connectivity index (χ1) is 6.27. The zero-order valence-corrected chi connectivity index (χ0v) is 8.38. The average Bonchev–Trinajstić information content (AvgIpc) is 2.51. The highest BCUT2D eigenvalue weighted by Gasteiger charge is 2.33. The number of hydrogen-bond donors (Lipinski definition) is 1. The second kappa shape index (κ2) is 3.79. The largest absolute Gasteiger partial charge is 0.311 e. The van der Waals surface area contributed by atoms with Crippen molar-refractivity contribution in [1.82, 2.24) is 5.32 Å². The molecule has 1 saturated carbocycles. The van der Waals surface area contributed by atoms with Crippen molar-refractivity contribution in [2.45, 2.75) is 57.5 Å². The first kappa shape index (κ1) is 9.20. The molecule has 2 rings (SSSR count). The summed E-state index contributed by atoms with van der Waals surface area (Å²) in [7, 11) is 0. The van der Waals surface area contributed by atoms with E-state index in [1.54, 1.807) is 0 Å². The van der Waals surface area contributed by atoms with Crippen molar-refractivity contribution < 1.29 is 4.79 Å². The molecule has 13 heavy (non-hydrogen) atoms. The molecule has 2 aliphatic rings. The lowest BCUT2D eigenvalue weighted by Gasteiger charge is -2.32. The van der Waals surface area contributed by atoms with Crippen LogP contribution in [-0.2, 0) is 4.79 Å². The number of hydrogen-bond acceptors (Lipinski definition) is 2. The molecular formula is C11H19NO. The summed E-state index contributed by atoms with van der Waals surface area (Å²) in [6.07, 6.45) is 6.86. The fraction of sp³-hybridized carbons (Fsp3) is 0.909. The van der Waals surface area contributed by atoms with Gasteiger partial charge in [-0.3, -0.25) is 4.79 Å². The van der Waals surface area contributed by atoms with Crippen molar-refractivity contribution in [2.75, 3.05) is 0 Å². The Labute approximate surface area is 80.1 Å². The maximum absolute atomic E-state index is 11.5. The van der Waals surface area contributed by atoms with E-state index in [4.69, 9.17) is 0 Å². The predicted octanol–water partition coefficient (Wildman–Crippen LogP) is 1.89. The summed E-state index contributed by atoms with van der Waals surface area (Å²) < 4.78 is 0. The third-order valence-corrected chi connectivity index (χ3v) is 3.49. The lowest BCUT2D eigenvalue weighted by atomic mass is 9.88. The van der Waals surface area contributed by atoms with E-state index in [2.05, 4.69) is 12.2 Å². The third kappa shape index (κ3) is 1.93. The number of piperidine rings is 1. The van der Waals surface area contributed by atoms with Gasteiger partial charge in [-0.25, -0.2) is 0 Å². The quantitative estimate of drug-likeness (QED) is 0.669. The summed E-state index contributed by atoms with van der Waals surface area (Å²) in [6, 6.07) is 1.12. The van der Waals surface area contributed by atoms with Gasteiger partial charge >= 0.3 is 0 Å². The Hall–Kier alpha value is -0.370. The van der Waals surface area contributed by atoms with Gasteiger partial charge in [0.1, 0.15) is 5.78 Å². The van der Waals surface area contributed by atoms with E-state index in [-0.39, 0.29) is 0 Å². The van der Waals surface area contributed by atoms with E-state index in [9.17, 15) is 4.79 Å². The minimum Gasteiger partial charge on any atom is -0.311 e. The van der Waals surface area contributed by atoms with Crippen LogP contribution in [0, 0.1) is 5.92 Å². The molecule has 0 spiro atoms. The number of Topliss-reactive ketones (excluding diaryl/α,β-unsaturated/α-hetero) is 1. The lowest BCUT2D eigenvalue weighted by molar-refractivity contribution is -0.121. The van der Waals surface area contributed by atoms with Crippen molar-refractivity contribution >= 4 is 5.78 Å². The second-order valence-electron chi connectivity index (χ2n) is 4.57. The molecule has 74 valence electrons. The third-order valence-electron chi connectivity index (χ3n) is 3.49. The number of rotatable bonds is 1. The Kier molecular flexibility index (Phi) is 2.68. The molecule has 0 radical (unpaired) electrons. The molecule has 0 aromatic carbocycles. The molecule has 1 heterocycles. The molecule has 1 saturated heterocycles. The maximum atomic E-state index is 11.5. The van der Waals surface area contributed by atoms with Crippen LogP contribution < -0.4 is 5.32 Å². The van der Waals surface area contributed by atoms with Crippen LogP contribution in [0.3, 0.4) is 0 Å². The maximum Gasteiger partial charge on any atom is 0.137 e. The molecule has 2 nitrogen and oxygen atoms in total. The summed E-state index contributed by atoms with van der Waals surface area (Å²) >= 11 is 0. The van der Waals surface area contributed by atoms with Gasteiger partial charge in [0.05, 0.1) is 0 Å². The Bertz CT molecular complexity index is 202. The first-order valence-electron chi connectivity index (χ1n) is 5.56. The van der Waals surface area contributed by atoms with E-state index < -0.39 is 0 Å². The number of carbonyl (C=O) groups is 1. The number of nitrogens with one attached hydrogen (secondary N) is 1. The van der Waals surface area contributed by atoms with Crippen LogP contribution in [0.5, 0.6) is 0 Å². The molecule has 1 aliphatic carbocycles. The summed E-state index contributed by atoms with van der Waals surface area (Å²) in [5.41, 5.74) is 0. The molecule has 0 bridgehead atoms. The van der Waals surface area contributed by atoms with E-state index in [1.165, 1.54) is 19.3 Å². The van der Waals surface area contributed by atoms with Gasteiger partial charge in [-0.05, 0) is 32.6 Å². The minimum absolute atomic E-state index is 0.350. The van der Waals surface area contributed by atoms with Crippen molar-refractivity contribution in [2.24, 2.45) is 5.92 Å². The fourth-order valence-electron chi connectivity index (χ4n) is 2.76. The van der Waals surface area contributed by atoms with Gasteiger partial charge in [0.15, 0.2) is 0 Å². The first-order valence-corrected chi connectivity index (χ1v) is 5.56. The smallest absolute Gasteiger partial charge is 0.137 e. The molecule has 0 aromatic rings. The molecule has 0 amide bonds. The standard InChI is InChI=1S/C11H19NO/c1-8-4-2-6-10(12-8)9-5-3-7-11(9)13/h8-10,12H,2-7H2,1H3. The monoisotopic (exact) mass is 181 g/mol. The van der Waals surface area contributed by atoms with Crippen LogP contribution in [-0.4, -0.2) is 17.9 Å². The Morgan fingerprint density at radius 1 is 1.23 bits per heavy atom. The highest BCUT2D eigenvalue weighted by atomic mass is 16.1. The van der Waals surface area contributed by atoms with Crippen molar-refractivity contribution in [3.8, 4) is 0 Å². The SMILES string of the molecule is CC1CCCC(C2CCCC2=O)N1. The average molecular weight is 181 g/mol. The molecule has 3 atom stereocenters. The Balaban J connectivity index is 1.95. The van der Waals surface area contributed by atoms with Gasteiger partial charge in [0, 0.05) is 24.4 Å². The van der Waals surface area contributed by atoms with E-state index in [0.717, 1.165) is 19.3 Å². The summed E-state index contributed by atoms with van der Waals surface area (Å²) in [5.74, 6) is 0.856. The zero-order valence-electron chi connectivity index (χ0n) is 8.38. The van der Waals surface area contributed by atoms with Gasteiger partial charge < -0.3 is 5.32 Å². The highest BCUT2D eigenvalue weighted by Crippen LogP contribution is 2.29. The summed E-state index contributed by atoms with van der Waals surface area (Å²) in [5, 5.41) is 3.57. The van der Waals surface area contributed by atoms with Crippen molar-refractivity contribution in [3.63, 3.8) is 0 Å². The Morgan fingerprint density at radius 3 is 2.69 bits per heavy atom. The van der Waals surface area contributed by atoms with E-state index >= 15 is 0 Å². The molecule has 0 aromatic heterocycles. The van der Waals surface area contributed by atoms with E-state index in [1.807, 2.05) is 0 Å². The fourth-order valence-corrected chi connectivity index (χ4v) is 2.76. The second-order valence-corrected chi connectivity index (χ2v) is 4.57. The minimum atomic E-state index is 0.350. The highest BCUT2D eigenvalue weighted by molar-refractivity contribution is 5.83. The van der Waals surface area contributed by atoms with Crippen LogP contribution in [0.15, 0.2) is 0 Å². The lowest BCUT2D eigenvalue weighted by Crippen LogP contribution is -2.46. The zero-order chi connectivity index (χ0) is 9.26. The van der Waals surface area contributed by atoms with E-state index in [0.29, 0.717) is 23.8 Å². The molecule has 1 N–H and O–H groups in total. The Morgan fingerprint density at radius 2 is 2.08 bits per heavy atom. The number of carbonyl (C=O) groups excluding carboxylic acids is 1. The van der Waals surface area contributed by atoms with Gasteiger partial charge in [-0.2, -0.15) is 0 Å². The van der Waals surface area contributed by atoms with Gasteiger partial charge in [-0.15, -0.1) is 0 Å². The summed E-state index contributed by atoms with van der Waals surface area (Å²) in [6.45, 7) is 2.23. The van der Waals surface area contributed by atoms with Crippen LogP contribution in [0.2, 0.25) is 0 Å². The van der Waals surface area contributed by atoms with Crippen LogP contribution in [0.25, 0.3) is 0 Å². The van der Waals surface area contributed by atoms with Gasteiger partial charge in [0.25, 0.3) is 0 Å². The molecule has 2 heteroatoms. The molecule has 1 aliphatic heterocycles. The summed E-state index contributed by atoms with van der Waals surface area (Å²) in [4.78, 5) is 11.5. The molecule has 2 fully saturated rings. The normalized spacial score (nSPS) is 41.0. The predicted molar refractivity (Wildman–Crippen MR) is 52.6 cm³/mol. The van der Waals surface area contributed by atoms with Gasteiger partial charge in [0.2, 0.25) is 0 Å². The molecular weight excluding hydrogens is 162 g/mol. The van der Waals surface area contributed by atoms with Crippen LogP contribution in [0.1, 0.15) is 45.4 Å². The van der Waals surface area contributed by atoms with Crippen LogP contribution in [0.4, 0.5) is 0 Å². The molecule has 3 unspecified atom stereocenters. The van der Waals surface area contributed by atoms with Crippen LogP contribution >= 0.6 is 0 Å². The van der Waals surface area contributed by atoms with Gasteiger partial charge in [-0.1, -0.05) is 6.42 Å². The number of ketones is 1. The van der Waals surface area contributed by atoms with Crippen molar-refractivity contribution in [1.29, 1.82) is 0 Å².